The van der Waals surface area contributed by atoms with Gasteiger partial charge in [0.15, 0.2) is 0 Å². The van der Waals surface area contributed by atoms with Crippen LogP contribution in [0.5, 0.6) is 0 Å². The van der Waals surface area contributed by atoms with E-state index in [0.29, 0.717) is 0 Å². The topological polar surface area (TPSA) is 39.6 Å². The highest BCUT2D eigenvalue weighted by atomic mass is 14.7. The molecular formula is C10H10N2. The van der Waals surface area contributed by atoms with Gasteiger partial charge in [0, 0.05) is 28.9 Å². The van der Waals surface area contributed by atoms with Gasteiger partial charge in [-0.2, -0.15) is 0 Å². The number of hydrogen-bond acceptors (Lipinski definition) is 1. The van der Waals surface area contributed by atoms with E-state index >= 15 is 0 Å². The Morgan fingerprint density at radius 1 is 1.42 bits per heavy atom. The SMILES string of the molecule is Cc1cccc2c(C=N)c[nH]c12. The van der Waals surface area contributed by atoms with E-state index in [-0.39, 0.29) is 0 Å². The lowest BCUT2D eigenvalue weighted by Crippen LogP contribution is -1.76. The number of fused-ring (bicyclic) bond motifs is 1. The number of aromatic nitrogens is 1. The van der Waals surface area contributed by atoms with Crippen LogP contribution in [0.15, 0.2) is 24.4 Å². The van der Waals surface area contributed by atoms with Gasteiger partial charge >= 0.3 is 0 Å². The average Bonchev–Trinajstić information content (AvgIpc) is 2.49. The van der Waals surface area contributed by atoms with Crippen LogP contribution in [0.1, 0.15) is 11.1 Å². The van der Waals surface area contributed by atoms with Crippen molar-refractivity contribution in [2.75, 3.05) is 0 Å². The first-order valence-corrected chi connectivity index (χ1v) is 3.90. The summed E-state index contributed by atoms with van der Waals surface area (Å²) in [7, 11) is 0. The van der Waals surface area contributed by atoms with Crippen molar-refractivity contribution in [2.24, 2.45) is 0 Å². The van der Waals surface area contributed by atoms with E-state index in [1.807, 2.05) is 18.3 Å². The summed E-state index contributed by atoms with van der Waals surface area (Å²) in [6.07, 6.45) is 3.24. The van der Waals surface area contributed by atoms with Gasteiger partial charge in [-0.1, -0.05) is 18.2 Å². The van der Waals surface area contributed by atoms with Gasteiger partial charge in [0.05, 0.1) is 0 Å². The first kappa shape index (κ1) is 7.10. The summed E-state index contributed by atoms with van der Waals surface area (Å²) in [5.41, 5.74) is 3.31. The predicted molar refractivity (Wildman–Crippen MR) is 50.9 cm³/mol. The molecule has 2 aromatic rings. The Labute approximate surface area is 70.7 Å². The molecule has 2 heteroatoms. The Bertz CT molecular complexity index is 426. The van der Waals surface area contributed by atoms with Crippen LogP contribution in [0.25, 0.3) is 10.9 Å². The number of aromatic amines is 1. The smallest absolute Gasteiger partial charge is 0.0490 e. The van der Waals surface area contributed by atoms with Gasteiger partial charge in [0.2, 0.25) is 0 Å². The highest BCUT2D eigenvalue weighted by Crippen LogP contribution is 2.19. The van der Waals surface area contributed by atoms with Crippen LogP contribution >= 0.6 is 0 Å². The van der Waals surface area contributed by atoms with Gasteiger partial charge in [-0.25, -0.2) is 0 Å². The molecule has 0 unspecified atom stereocenters. The third-order valence-electron chi connectivity index (χ3n) is 2.11. The molecule has 1 aromatic heterocycles. The molecule has 0 radical (unpaired) electrons. The molecule has 1 aromatic carbocycles. The molecule has 0 bridgehead atoms. The molecule has 12 heavy (non-hydrogen) atoms. The van der Waals surface area contributed by atoms with E-state index in [2.05, 4.69) is 18.0 Å². The van der Waals surface area contributed by atoms with E-state index in [9.17, 15) is 0 Å². The molecular weight excluding hydrogens is 148 g/mol. The van der Waals surface area contributed by atoms with Crippen LogP contribution < -0.4 is 0 Å². The van der Waals surface area contributed by atoms with Crippen molar-refractivity contribution in [1.82, 2.24) is 4.98 Å². The summed E-state index contributed by atoms with van der Waals surface area (Å²) in [4.78, 5) is 3.16. The minimum Gasteiger partial charge on any atom is -0.360 e. The molecule has 0 saturated heterocycles. The van der Waals surface area contributed by atoms with Crippen LogP contribution in [0.3, 0.4) is 0 Å². The molecule has 0 saturated carbocycles. The van der Waals surface area contributed by atoms with Crippen molar-refractivity contribution in [3.05, 3.63) is 35.5 Å². The van der Waals surface area contributed by atoms with E-state index in [1.54, 1.807) is 0 Å². The normalized spacial score (nSPS) is 10.4. The van der Waals surface area contributed by atoms with Crippen molar-refractivity contribution >= 4 is 17.1 Å². The summed E-state index contributed by atoms with van der Waals surface area (Å²) in [5, 5.41) is 8.30. The maximum atomic E-state index is 7.17. The molecule has 2 nitrogen and oxygen atoms in total. The van der Waals surface area contributed by atoms with Gasteiger partial charge in [-0.15, -0.1) is 0 Å². The van der Waals surface area contributed by atoms with Crippen molar-refractivity contribution in [2.45, 2.75) is 6.92 Å². The first-order valence-electron chi connectivity index (χ1n) is 3.90. The number of nitrogens with one attached hydrogen (secondary N) is 2. The van der Waals surface area contributed by atoms with Crippen LogP contribution in [0.2, 0.25) is 0 Å². The average molecular weight is 158 g/mol. The fraction of sp³-hybridized carbons (Fsp3) is 0.100. The fourth-order valence-electron chi connectivity index (χ4n) is 1.45. The predicted octanol–water partition coefficient (Wildman–Crippen LogP) is 2.47. The lowest BCUT2D eigenvalue weighted by atomic mass is 10.1. The summed E-state index contributed by atoms with van der Waals surface area (Å²) < 4.78 is 0. The van der Waals surface area contributed by atoms with Gasteiger partial charge in [0.1, 0.15) is 0 Å². The molecule has 0 atom stereocenters. The molecule has 0 fully saturated rings. The van der Waals surface area contributed by atoms with E-state index in [0.717, 1.165) is 16.5 Å². The van der Waals surface area contributed by atoms with Crippen molar-refractivity contribution < 1.29 is 0 Å². The Kier molecular flexibility index (Phi) is 1.47. The Balaban J connectivity index is 2.88. The zero-order valence-corrected chi connectivity index (χ0v) is 6.89. The zero-order valence-electron chi connectivity index (χ0n) is 6.89. The summed E-state index contributed by atoms with van der Waals surface area (Å²) in [5.74, 6) is 0. The van der Waals surface area contributed by atoms with Crippen LogP contribution in [0, 0.1) is 12.3 Å². The standard InChI is InChI=1S/C10H10N2/c1-7-3-2-4-9-8(5-11)6-12-10(7)9/h2-6,11-12H,1H3. The molecule has 0 aliphatic carbocycles. The Hall–Kier alpha value is -1.57. The lowest BCUT2D eigenvalue weighted by Gasteiger charge is -1.94. The molecule has 2 N–H and O–H groups in total. The van der Waals surface area contributed by atoms with Gasteiger partial charge < -0.3 is 10.4 Å². The molecule has 2 rings (SSSR count). The number of benzene rings is 1. The second-order valence-electron chi connectivity index (χ2n) is 2.89. The molecule has 0 aliphatic rings. The van der Waals surface area contributed by atoms with E-state index < -0.39 is 0 Å². The van der Waals surface area contributed by atoms with Crippen LogP contribution in [-0.2, 0) is 0 Å². The van der Waals surface area contributed by atoms with Gasteiger partial charge in [-0.05, 0) is 12.5 Å². The largest absolute Gasteiger partial charge is 0.360 e. The molecule has 60 valence electrons. The number of aryl methyl sites for hydroxylation is 1. The van der Waals surface area contributed by atoms with E-state index in [4.69, 9.17) is 5.41 Å². The summed E-state index contributed by atoms with van der Waals surface area (Å²) in [6, 6.07) is 6.10. The minimum atomic E-state index is 0.953. The number of hydrogen-bond donors (Lipinski definition) is 2. The van der Waals surface area contributed by atoms with Gasteiger partial charge in [0.25, 0.3) is 0 Å². The Morgan fingerprint density at radius 3 is 3.00 bits per heavy atom. The quantitative estimate of drug-likeness (QED) is 0.598. The second-order valence-corrected chi connectivity index (χ2v) is 2.89. The summed E-state index contributed by atoms with van der Waals surface area (Å²) >= 11 is 0. The molecule has 0 amide bonds. The lowest BCUT2D eigenvalue weighted by molar-refractivity contribution is 1.41. The monoisotopic (exact) mass is 158 g/mol. The highest BCUT2D eigenvalue weighted by molar-refractivity contribution is 5.99. The molecule has 1 heterocycles. The van der Waals surface area contributed by atoms with Gasteiger partial charge in [-0.3, -0.25) is 0 Å². The highest BCUT2D eigenvalue weighted by Gasteiger charge is 2.01. The first-order chi connectivity index (χ1) is 5.83. The van der Waals surface area contributed by atoms with Crippen molar-refractivity contribution in [3.8, 4) is 0 Å². The fourth-order valence-corrected chi connectivity index (χ4v) is 1.45. The maximum absolute atomic E-state index is 7.17. The molecule has 0 spiro atoms. The van der Waals surface area contributed by atoms with Crippen molar-refractivity contribution in [3.63, 3.8) is 0 Å². The van der Waals surface area contributed by atoms with Crippen LogP contribution in [0.4, 0.5) is 0 Å². The van der Waals surface area contributed by atoms with Crippen LogP contribution in [-0.4, -0.2) is 11.2 Å². The number of H-pyrrole nitrogens is 1. The number of para-hydroxylation sites is 1. The minimum absolute atomic E-state index is 0.953. The Morgan fingerprint density at radius 2 is 2.25 bits per heavy atom. The third kappa shape index (κ3) is 0.848. The zero-order chi connectivity index (χ0) is 8.55. The second kappa shape index (κ2) is 2.48. The number of rotatable bonds is 1. The summed E-state index contributed by atoms with van der Waals surface area (Å²) in [6.45, 7) is 2.06. The molecule has 0 aliphatic heterocycles. The van der Waals surface area contributed by atoms with Crippen molar-refractivity contribution in [1.29, 1.82) is 5.41 Å². The van der Waals surface area contributed by atoms with E-state index in [1.165, 1.54) is 11.8 Å². The maximum Gasteiger partial charge on any atom is 0.0490 e. The third-order valence-corrected chi connectivity index (χ3v) is 2.11.